The molecule has 0 aliphatic heterocycles. The molecule has 1 unspecified atom stereocenters. The summed E-state index contributed by atoms with van der Waals surface area (Å²) in [6, 6.07) is 13.5. The topological polar surface area (TPSA) is 0 Å². The molecule has 0 saturated heterocycles. The monoisotopic (exact) mass is 320 g/mol. The van der Waals surface area contributed by atoms with Gasteiger partial charge in [-0.2, -0.15) is 0 Å². The molecule has 0 nitrogen and oxygen atoms in total. The van der Waals surface area contributed by atoms with Crippen molar-refractivity contribution in [3.8, 4) is 0 Å². The molecule has 0 bridgehead atoms. The van der Waals surface area contributed by atoms with Crippen LogP contribution in [0.1, 0.15) is 28.2 Å². The number of hydrogen-bond donors (Lipinski definition) is 0. The van der Waals surface area contributed by atoms with E-state index in [2.05, 4.69) is 48.0 Å². The van der Waals surface area contributed by atoms with Crippen LogP contribution in [0.15, 0.2) is 42.5 Å². The van der Waals surface area contributed by atoms with E-state index in [1.165, 1.54) is 22.8 Å². The summed E-state index contributed by atoms with van der Waals surface area (Å²) in [5, 5.41) is 0.765. The normalized spacial score (nSPS) is 12.4. The second kappa shape index (κ2) is 6.33. The Kier molecular flexibility index (Phi) is 4.76. The smallest absolute Gasteiger partial charge is 0.126 e. The highest BCUT2D eigenvalue weighted by Gasteiger charge is 2.15. The lowest BCUT2D eigenvalue weighted by Crippen LogP contribution is -2.07. The van der Waals surface area contributed by atoms with Gasteiger partial charge in [0.1, 0.15) is 5.82 Å². The Labute approximate surface area is 122 Å². The van der Waals surface area contributed by atoms with Gasteiger partial charge in [0, 0.05) is 11.2 Å². The fraction of sp³-hybridized carbons (Fsp3) is 0.294. The van der Waals surface area contributed by atoms with Gasteiger partial charge in [0.2, 0.25) is 0 Å². The maximum Gasteiger partial charge on any atom is 0.126 e. The fourth-order valence-corrected chi connectivity index (χ4v) is 2.85. The number of aryl methyl sites for hydroxylation is 2. The van der Waals surface area contributed by atoms with Crippen molar-refractivity contribution in [1.29, 1.82) is 0 Å². The molecule has 0 heterocycles. The van der Waals surface area contributed by atoms with E-state index in [1.807, 2.05) is 12.1 Å². The van der Waals surface area contributed by atoms with Gasteiger partial charge in [-0.05, 0) is 48.6 Å². The van der Waals surface area contributed by atoms with Crippen LogP contribution in [-0.4, -0.2) is 5.33 Å². The summed E-state index contributed by atoms with van der Waals surface area (Å²) in [5.74, 6) is 0.0547. The lowest BCUT2D eigenvalue weighted by Gasteiger charge is -2.16. The SMILES string of the molecule is Cc1ccc(CC(CBr)c2ccccc2F)cc1C. The zero-order valence-electron chi connectivity index (χ0n) is 11.3. The van der Waals surface area contributed by atoms with Gasteiger partial charge >= 0.3 is 0 Å². The van der Waals surface area contributed by atoms with Gasteiger partial charge in [-0.3, -0.25) is 0 Å². The minimum Gasteiger partial charge on any atom is -0.207 e. The number of rotatable bonds is 4. The molecular formula is C17H18BrF. The second-order valence-corrected chi connectivity index (χ2v) is 5.64. The molecule has 0 aliphatic rings. The van der Waals surface area contributed by atoms with Crippen LogP contribution in [0.5, 0.6) is 0 Å². The number of alkyl halides is 1. The molecule has 0 radical (unpaired) electrons. The quantitative estimate of drug-likeness (QED) is 0.682. The Hall–Kier alpha value is -1.15. The molecule has 0 aromatic heterocycles. The molecule has 0 spiro atoms. The first kappa shape index (κ1) is 14.3. The van der Waals surface area contributed by atoms with Crippen molar-refractivity contribution < 1.29 is 4.39 Å². The summed E-state index contributed by atoms with van der Waals surface area (Å²) >= 11 is 3.51. The zero-order chi connectivity index (χ0) is 13.8. The van der Waals surface area contributed by atoms with Gasteiger partial charge in [-0.15, -0.1) is 0 Å². The van der Waals surface area contributed by atoms with E-state index >= 15 is 0 Å². The number of benzene rings is 2. The van der Waals surface area contributed by atoms with Gasteiger partial charge in [-0.25, -0.2) is 4.39 Å². The van der Waals surface area contributed by atoms with Gasteiger partial charge in [-0.1, -0.05) is 52.3 Å². The van der Waals surface area contributed by atoms with Gasteiger partial charge in [0.05, 0.1) is 0 Å². The van der Waals surface area contributed by atoms with Crippen LogP contribution < -0.4 is 0 Å². The Bertz CT molecular complexity index is 563. The Morgan fingerprint density at radius 1 is 1.05 bits per heavy atom. The molecule has 0 N–H and O–H groups in total. The van der Waals surface area contributed by atoms with Crippen molar-refractivity contribution in [3.05, 3.63) is 70.5 Å². The maximum atomic E-state index is 13.9. The summed E-state index contributed by atoms with van der Waals surface area (Å²) in [6.07, 6.45) is 0.854. The first-order valence-corrected chi connectivity index (χ1v) is 7.60. The van der Waals surface area contributed by atoms with Gasteiger partial charge in [0.25, 0.3) is 0 Å². The molecule has 2 rings (SSSR count). The molecule has 0 amide bonds. The van der Waals surface area contributed by atoms with E-state index < -0.39 is 0 Å². The predicted octanol–water partition coefficient (Wildman–Crippen LogP) is 5.16. The molecular weight excluding hydrogens is 303 g/mol. The summed E-state index contributed by atoms with van der Waals surface area (Å²) in [7, 11) is 0. The Balaban J connectivity index is 2.24. The Morgan fingerprint density at radius 3 is 2.42 bits per heavy atom. The minimum absolute atomic E-state index is 0.115. The van der Waals surface area contributed by atoms with Crippen LogP contribution in [0.25, 0.3) is 0 Å². The van der Waals surface area contributed by atoms with E-state index in [0.717, 1.165) is 17.3 Å². The average Bonchev–Trinajstić information content (AvgIpc) is 2.41. The van der Waals surface area contributed by atoms with Crippen molar-refractivity contribution in [2.45, 2.75) is 26.2 Å². The number of hydrogen-bond acceptors (Lipinski definition) is 0. The highest BCUT2D eigenvalue weighted by molar-refractivity contribution is 9.09. The highest BCUT2D eigenvalue weighted by Crippen LogP contribution is 2.26. The molecule has 100 valence electrons. The van der Waals surface area contributed by atoms with Crippen LogP contribution >= 0.6 is 15.9 Å². The average molecular weight is 321 g/mol. The standard InChI is InChI=1S/C17H18BrF/c1-12-7-8-14(9-13(12)2)10-15(11-18)16-5-3-4-6-17(16)19/h3-9,15H,10-11H2,1-2H3. The lowest BCUT2D eigenvalue weighted by atomic mass is 9.92. The van der Waals surface area contributed by atoms with Crippen LogP contribution in [0.2, 0.25) is 0 Å². The van der Waals surface area contributed by atoms with Crippen molar-refractivity contribution in [2.24, 2.45) is 0 Å². The third-order valence-electron chi connectivity index (χ3n) is 3.58. The molecule has 19 heavy (non-hydrogen) atoms. The second-order valence-electron chi connectivity index (χ2n) is 5.00. The summed E-state index contributed by atoms with van der Waals surface area (Å²) in [5.41, 5.74) is 4.64. The van der Waals surface area contributed by atoms with Crippen LogP contribution in [-0.2, 0) is 6.42 Å². The van der Waals surface area contributed by atoms with E-state index in [4.69, 9.17) is 0 Å². The largest absolute Gasteiger partial charge is 0.207 e. The predicted molar refractivity (Wildman–Crippen MR) is 82.6 cm³/mol. The van der Waals surface area contributed by atoms with E-state index in [1.54, 1.807) is 6.07 Å². The first-order valence-electron chi connectivity index (χ1n) is 6.48. The lowest BCUT2D eigenvalue weighted by molar-refractivity contribution is 0.590. The van der Waals surface area contributed by atoms with Gasteiger partial charge < -0.3 is 0 Å². The van der Waals surface area contributed by atoms with Crippen molar-refractivity contribution in [1.82, 2.24) is 0 Å². The Morgan fingerprint density at radius 2 is 1.79 bits per heavy atom. The maximum absolute atomic E-state index is 13.9. The van der Waals surface area contributed by atoms with Gasteiger partial charge in [0.15, 0.2) is 0 Å². The third kappa shape index (κ3) is 3.44. The van der Waals surface area contributed by atoms with Crippen LogP contribution in [0.3, 0.4) is 0 Å². The molecule has 0 aliphatic carbocycles. The summed E-state index contributed by atoms with van der Waals surface area (Å²) in [6.45, 7) is 4.23. The van der Waals surface area contributed by atoms with Crippen LogP contribution in [0, 0.1) is 19.7 Å². The highest BCUT2D eigenvalue weighted by atomic mass is 79.9. The van der Waals surface area contributed by atoms with Crippen molar-refractivity contribution >= 4 is 15.9 Å². The summed E-state index contributed by atoms with van der Waals surface area (Å²) in [4.78, 5) is 0. The fourth-order valence-electron chi connectivity index (χ4n) is 2.27. The molecule has 2 heteroatoms. The van der Waals surface area contributed by atoms with Crippen molar-refractivity contribution in [2.75, 3.05) is 5.33 Å². The first-order chi connectivity index (χ1) is 9.11. The molecule has 1 atom stereocenters. The van der Waals surface area contributed by atoms with Crippen LogP contribution in [0.4, 0.5) is 4.39 Å². The molecule has 0 fully saturated rings. The third-order valence-corrected chi connectivity index (χ3v) is 4.37. The zero-order valence-corrected chi connectivity index (χ0v) is 12.9. The molecule has 2 aromatic rings. The van der Waals surface area contributed by atoms with E-state index in [-0.39, 0.29) is 11.7 Å². The minimum atomic E-state index is -0.115. The summed E-state index contributed by atoms with van der Waals surface area (Å²) < 4.78 is 13.9. The number of halogens is 2. The van der Waals surface area contributed by atoms with Crippen molar-refractivity contribution in [3.63, 3.8) is 0 Å². The molecule has 2 aromatic carbocycles. The molecule has 0 saturated carbocycles. The van der Waals surface area contributed by atoms with E-state index in [0.29, 0.717) is 0 Å². The van der Waals surface area contributed by atoms with E-state index in [9.17, 15) is 4.39 Å².